The van der Waals surface area contributed by atoms with Gasteiger partial charge < -0.3 is 9.64 Å². The fraction of sp³-hybridized carbons (Fsp3) is 0.909. The van der Waals surface area contributed by atoms with Gasteiger partial charge in [-0.05, 0) is 40.0 Å². The van der Waals surface area contributed by atoms with Crippen LogP contribution in [-0.2, 0) is 4.74 Å². The summed E-state index contributed by atoms with van der Waals surface area (Å²) in [6, 6.07) is 0.319. The zero-order valence-electron chi connectivity index (χ0n) is 9.83. The summed E-state index contributed by atoms with van der Waals surface area (Å²) in [6.45, 7) is 10.8. The predicted molar refractivity (Wildman–Crippen MR) is 56.2 cm³/mol. The number of rotatable bonds is 0. The van der Waals surface area contributed by atoms with Gasteiger partial charge in [0.1, 0.15) is 5.60 Å². The number of likely N-dealkylation sites (tertiary alicyclic amines) is 1. The first kappa shape index (κ1) is 11.3. The van der Waals surface area contributed by atoms with Crippen LogP contribution in [0.25, 0.3) is 0 Å². The lowest BCUT2D eigenvalue weighted by Crippen LogP contribution is -2.38. The highest BCUT2D eigenvalue weighted by atomic mass is 16.6. The lowest BCUT2D eigenvalue weighted by Gasteiger charge is -2.26. The SMILES string of the molecule is C[C@H]1C[C@H](C)N(C(=O)OC(C)(C)C)C1. The van der Waals surface area contributed by atoms with Crippen LogP contribution in [0.15, 0.2) is 0 Å². The molecule has 0 aromatic carbocycles. The molecule has 1 aliphatic rings. The fourth-order valence-corrected chi connectivity index (χ4v) is 1.87. The minimum Gasteiger partial charge on any atom is -0.444 e. The molecule has 3 nitrogen and oxygen atoms in total. The van der Waals surface area contributed by atoms with Gasteiger partial charge in [0.2, 0.25) is 0 Å². The number of amides is 1. The Hall–Kier alpha value is -0.730. The highest BCUT2D eigenvalue weighted by Gasteiger charge is 2.32. The maximum atomic E-state index is 11.7. The molecule has 0 aromatic heterocycles. The first-order valence-corrected chi connectivity index (χ1v) is 5.29. The standard InChI is InChI=1S/C11H21NO2/c1-8-6-9(2)12(7-8)10(13)14-11(3,4)5/h8-9H,6-7H2,1-5H3/t8-,9-/m0/s1. The van der Waals surface area contributed by atoms with Gasteiger partial charge in [-0.1, -0.05) is 6.92 Å². The Morgan fingerprint density at radius 3 is 2.29 bits per heavy atom. The molecule has 0 N–H and O–H groups in total. The van der Waals surface area contributed by atoms with Crippen molar-refractivity contribution in [1.82, 2.24) is 4.90 Å². The van der Waals surface area contributed by atoms with E-state index in [0.29, 0.717) is 12.0 Å². The largest absolute Gasteiger partial charge is 0.444 e. The second-order valence-corrected chi connectivity index (χ2v) is 5.32. The first-order valence-electron chi connectivity index (χ1n) is 5.29. The van der Waals surface area contributed by atoms with Gasteiger partial charge in [0, 0.05) is 12.6 Å². The molecule has 1 aliphatic heterocycles. The fourth-order valence-electron chi connectivity index (χ4n) is 1.87. The second-order valence-electron chi connectivity index (χ2n) is 5.32. The van der Waals surface area contributed by atoms with Crippen molar-refractivity contribution in [2.24, 2.45) is 5.92 Å². The molecule has 1 amide bonds. The van der Waals surface area contributed by atoms with E-state index < -0.39 is 0 Å². The molecule has 1 fully saturated rings. The van der Waals surface area contributed by atoms with E-state index in [-0.39, 0.29) is 11.7 Å². The summed E-state index contributed by atoms with van der Waals surface area (Å²) in [7, 11) is 0. The zero-order chi connectivity index (χ0) is 10.9. The molecule has 0 saturated carbocycles. The molecule has 14 heavy (non-hydrogen) atoms. The molecule has 1 rings (SSSR count). The van der Waals surface area contributed by atoms with Crippen LogP contribution >= 0.6 is 0 Å². The van der Waals surface area contributed by atoms with Gasteiger partial charge in [-0.2, -0.15) is 0 Å². The zero-order valence-corrected chi connectivity index (χ0v) is 9.83. The van der Waals surface area contributed by atoms with Crippen LogP contribution in [0, 0.1) is 5.92 Å². The third-order valence-corrected chi connectivity index (χ3v) is 2.41. The van der Waals surface area contributed by atoms with Crippen molar-refractivity contribution >= 4 is 6.09 Å². The Bertz CT molecular complexity index is 220. The van der Waals surface area contributed by atoms with E-state index in [0.717, 1.165) is 13.0 Å². The quantitative estimate of drug-likeness (QED) is 0.600. The lowest BCUT2D eigenvalue weighted by atomic mass is 10.1. The summed E-state index contributed by atoms with van der Waals surface area (Å²) in [5.41, 5.74) is -0.386. The molecule has 2 atom stereocenters. The summed E-state index contributed by atoms with van der Waals surface area (Å²) in [6.07, 6.45) is 0.911. The molecule has 0 bridgehead atoms. The highest BCUT2D eigenvalue weighted by molar-refractivity contribution is 5.68. The predicted octanol–water partition coefficient (Wildman–Crippen LogP) is 2.65. The Morgan fingerprint density at radius 2 is 1.93 bits per heavy atom. The van der Waals surface area contributed by atoms with Crippen LogP contribution < -0.4 is 0 Å². The molecule has 0 spiro atoms. The summed E-state index contributed by atoms with van der Waals surface area (Å²) in [5, 5.41) is 0. The molecule has 0 unspecified atom stereocenters. The Balaban J connectivity index is 2.53. The summed E-state index contributed by atoms with van der Waals surface area (Å²) in [4.78, 5) is 13.5. The van der Waals surface area contributed by atoms with Crippen molar-refractivity contribution < 1.29 is 9.53 Å². The van der Waals surface area contributed by atoms with Gasteiger partial charge in [0.05, 0.1) is 0 Å². The monoisotopic (exact) mass is 199 g/mol. The van der Waals surface area contributed by atoms with Gasteiger partial charge in [0.25, 0.3) is 0 Å². The average Bonchev–Trinajstić information content (AvgIpc) is 2.26. The number of ether oxygens (including phenoxy) is 1. The maximum Gasteiger partial charge on any atom is 0.410 e. The molecular formula is C11H21NO2. The van der Waals surface area contributed by atoms with Gasteiger partial charge in [-0.25, -0.2) is 4.79 Å². The van der Waals surface area contributed by atoms with E-state index in [1.54, 1.807) is 0 Å². The Morgan fingerprint density at radius 1 is 1.36 bits per heavy atom. The Labute approximate surface area is 86.4 Å². The van der Waals surface area contributed by atoms with Crippen LogP contribution in [0.5, 0.6) is 0 Å². The van der Waals surface area contributed by atoms with Crippen molar-refractivity contribution in [3.63, 3.8) is 0 Å². The molecule has 1 saturated heterocycles. The number of hydrogen-bond acceptors (Lipinski definition) is 2. The van der Waals surface area contributed by atoms with Crippen LogP contribution in [-0.4, -0.2) is 29.2 Å². The number of nitrogens with zero attached hydrogens (tertiary/aromatic N) is 1. The van der Waals surface area contributed by atoms with E-state index in [2.05, 4.69) is 13.8 Å². The topological polar surface area (TPSA) is 29.5 Å². The van der Waals surface area contributed by atoms with Gasteiger partial charge in [-0.15, -0.1) is 0 Å². The van der Waals surface area contributed by atoms with Gasteiger partial charge >= 0.3 is 6.09 Å². The average molecular weight is 199 g/mol. The van der Waals surface area contributed by atoms with Crippen molar-refractivity contribution in [3.8, 4) is 0 Å². The number of carbonyl (C=O) groups excluding carboxylic acids is 1. The third kappa shape index (κ3) is 2.89. The van der Waals surface area contributed by atoms with Crippen molar-refractivity contribution in [1.29, 1.82) is 0 Å². The van der Waals surface area contributed by atoms with Crippen LogP contribution in [0.2, 0.25) is 0 Å². The molecule has 0 aromatic rings. The van der Waals surface area contributed by atoms with Crippen LogP contribution in [0.4, 0.5) is 4.79 Å². The molecule has 3 heteroatoms. The van der Waals surface area contributed by atoms with Gasteiger partial charge in [0.15, 0.2) is 0 Å². The highest BCUT2D eigenvalue weighted by Crippen LogP contribution is 2.24. The van der Waals surface area contributed by atoms with Crippen molar-refractivity contribution in [2.75, 3.05) is 6.54 Å². The van der Waals surface area contributed by atoms with Crippen molar-refractivity contribution in [2.45, 2.75) is 52.7 Å². The smallest absolute Gasteiger partial charge is 0.410 e. The van der Waals surface area contributed by atoms with Crippen molar-refractivity contribution in [3.05, 3.63) is 0 Å². The van der Waals surface area contributed by atoms with E-state index in [1.807, 2.05) is 25.7 Å². The molecule has 0 radical (unpaired) electrons. The normalized spacial score (nSPS) is 27.9. The van der Waals surface area contributed by atoms with Gasteiger partial charge in [-0.3, -0.25) is 0 Å². The van der Waals surface area contributed by atoms with Crippen LogP contribution in [0.3, 0.4) is 0 Å². The molecule has 0 aliphatic carbocycles. The molecule has 1 heterocycles. The summed E-state index contributed by atoms with van der Waals surface area (Å²) in [5.74, 6) is 0.595. The van der Waals surface area contributed by atoms with E-state index >= 15 is 0 Å². The minimum atomic E-state index is -0.386. The second kappa shape index (κ2) is 3.79. The number of carbonyl (C=O) groups is 1. The number of hydrogen-bond donors (Lipinski definition) is 0. The molecular weight excluding hydrogens is 178 g/mol. The third-order valence-electron chi connectivity index (χ3n) is 2.41. The Kier molecular flexibility index (Phi) is 3.07. The molecule has 82 valence electrons. The first-order chi connectivity index (χ1) is 6.29. The summed E-state index contributed by atoms with van der Waals surface area (Å²) < 4.78 is 5.33. The summed E-state index contributed by atoms with van der Waals surface area (Å²) >= 11 is 0. The maximum absolute atomic E-state index is 11.7. The minimum absolute atomic E-state index is 0.172. The lowest BCUT2D eigenvalue weighted by molar-refractivity contribution is 0.0234. The van der Waals surface area contributed by atoms with E-state index in [4.69, 9.17) is 4.74 Å². The van der Waals surface area contributed by atoms with E-state index in [1.165, 1.54) is 0 Å². The van der Waals surface area contributed by atoms with Crippen LogP contribution in [0.1, 0.15) is 41.0 Å². The van der Waals surface area contributed by atoms with E-state index in [9.17, 15) is 4.79 Å².